The SMILES string of the molecule is CCc1ccc(NC(=O)CSC2=Nc3ccccc3C3=N[C@H](CC(=O)NCc4ccccc4OC)C(=O)N23)cc1. The van der Waals surface area contributed by atoms with Crippen LogP contribution < -0.4 is 15.4 Å². The Labute approximate surface area is 236 Å². The molecule has 0 aromatic heterocycles. The molecule has 0 fully saturated rings. The summed E-state index contributed by atoms with van der Waals surface area (Å²) in [6, 6.07) is 21.6. The van der Waals surface area contributed by atoms with Crippen molar-refractivity contribution in [3.05, 3.63) is 89.5 Å². The van der Waals surface area contributed by atoms with Crippen molar-refractivity contribution in [2.45, 2.75) is 32.4 Å². The Hall–Kier alpha value is -4.44. The lowest BCUT2D eigenvalue weighted by atomic mass is 10.1. The summed E-state index contributed by atoms with van der Waals surface area (Å²) in [5.74, 6) is 0.301. The highest BCUT2D eigenvalue weighted by atomic mass is 32.2. The van der Waals surface area contributed by atoms with Crippen molar-refractivity contribution >= 4 is 51.9 Å². The molecule has 1 atom stereocenters. The fourth-order valence-electron chi connectivity index (χ4n) is 4.47. The van der Waals surface area contributed by atoms with Crippen molar-refractivity contribution in [1.29, 1.82) is 0 Å². The average molecular weight is 556 g/mol. The van der Waals surface area contributed by atoms with E-state index in [4.69, 9.17) is 4.74 Å². The fourth-order valence-corrected chi connectivity index (χ4v) is 5.27. The third kappa shape index (κ3) is 5.91. The number of hydrogen-bond acceptors (Lipinski definition) is 7. The van der Waals surface area contributed by atoms with Crippen LogP contribution in [0.2, 0.25) is 0 Å². The van der Waals surface area contributed by atoms with Crippen molar-refractivity contribution in [3.8, 4) is 5.75 Å². The second-order valence-electron chi connectivity index (χ2n) is 9.23. The van der Waals surface area contributed by atoms with Crippen LogP contribution in [0.3, 0.4) is 0 Å². The number of nitrogens with one attached hydrogen (secondary N) is 2. The van der Waals surface area contributed by atoms with Crippen LogP contribution in [0, 0.1) is 0 Å². The Kier molecular flexibility index (Phi) is 8.26. The molecule has 2 N–H and O–H groups in total. The molecule has 3 aromatic carbocycles. The molecule has 0 spiro atoms. The average Bonchev–Trinajstić information content (AvgIpc) is 3.31. The zero-order valence-electron chi connectivity index (χ0n) is 22.2. The van der Waals surface area contributed by atoms with Gasteiger partial charge in [0.05, 0.1) is 25.0 Å². The van der Waals surface area contributed by atoms with Gasteiger partial charge >= 0.3 is 0 Å². The predicted molar refractivity (Wildman–Crippen MR) is 157 cm³/mol. The van der Waals surface area contributed by atoms with Crippen LogP contribution in [0.1, 0.15) is 30.0 Å². The first-order valence-corrected chi connectivity index (χ1v) is 14.0. The number of fused-ring (bicyclic) bond motifs is 3. The van der Waals surface area contributed by atoms with Gasteiger partial charge in [0.2, 0.25) is 11.8 Å². The minimum Gasteiger partial charge on any atom is -0.496 e. The predicted octanol–water partition coefficient (Wildman–Crippen LogP) is 4.29. The van der Waals surface area contributed by atoms with Crippen molar-refractivity contribution in [3.63, 3.8) is 0 Å². The Morgan fingerprint density at radius 3 is 2.52 bits per heavy atom. The van der Waals surface area contributed by atoms with E-state index in [1.807, 2.05) is 72.8 Å². The summed E-state index contributed by atoms with van der Waals surface area (Å²) >= 11 is 1.16. The smallest absolute Gasteiger partial charge is 0.259 e. The molecular formula is C30H29N5O4S. The maximum Gasteiger partial charge on any atom is 0.259 e. The largest absolute Gasteiger partial charge is 0.496 e. The minimum absolute atomic E-state index is 0.0532. The molecule has 0 unspecified atom stereocenters. The lowest BCUT2D eigenvalue weighted by Gasteiger charge is -2.25. The summed E-state index contributed by atoms with van der Waals surface area (Å²) in [7, 11) is 1.58. The van der Waals surface area contributed by atoms with Crippen molar-refractivity contribution < 1.29 is 19.1 Å². The third-order valence-electron chi connectivity index (χ3n) is 6.57. The molecule has 3 aromatic rings. The summed E-state index contributed by atoms with van der Waals surface area (Å²) in [5, 5.41) is 6.10. The quantitative estimate of drug-likeness (QED) is 0.409. The summed E-state index contributed by atoms with van der Waals surface area (Å²) < 4.78 is 5.34. The van der Waals surface area contributed by atoms with E-state index in [1.54, 1.807) is 7.11 Å². The van der Waals surface area contributed by atoms with Crippen molar-refractivity contribution in [2.75, 3.05) is 18.2 Å². The van der Waals surface area contributed by atoms with Gasteiger partial charge in [-0.1, -0.05) is 61.2 Å². The standard InChI is InChI=1S/C30H29N5O4S/c1-3-19-12-14-21(15-13-19)32-27(37)18-40-30-34-23-10-6-5-9-22(23)28-33-24(29(38)35(28)30)16-26(36)31-17-20-8-4-7-11-25(20)39-2/h4-15,24H,3,16-18H2,1-2H3,(H,31,36)(H,32,37)/t24-/m1/s1. The molecular weight excluding hydrogens is 526 g/mol. The molecule has 0 aliphatic carbocycles. The topological polar surface area (TPSA) is 112 Å². The van der Waals surface area contributed by atoms with E-state index in [-0.39, 0.29) is 36.4 Å². The van der Waals surface area contributed by atoms with Gasteiger partial charge in [-0.05, 0) is 42.3 Å². The maximum absolute atomic E-state index is 13.5. The van der Waals surface area contributed by atoms with Gasteiger partial charge in [0.25, 0.3) is 5.91 Å². The number of para-hydroxylation sites is 2. The first-order chi connectivity index (χ1) is 19.5. The lowest BCUT2D eigenvalue weighted by molar-refractivity contribution is -0.128. The monoisotopic (exact) mass is 555 g/mol. The van der Waals surface area contributed by atoms with Gasteiger partial charge in [-0.2, -0.15) is 0 Å². The van der Waals surface area contributed by atoms with Gasteiger partial charge < -0.3 is 15.4 Å². The number of ether oxygens (including phenoxy) is 1. The molecule has 9 nitrogen and oxygen atoms in total. The fraction of sp³-hybridized carbons (Fsp3) is 0.233. The normalized spacial score (nSPS) is 15.5. The maximum atomic E-state index is 13.5. The number of anilines is 1. The van der Waals surface area contributed by atoms with Crippen LogP contribution in [0.25, 0.3) is 0 Å². The highest BCUT2D eigenvalue weighted by molar-refractivity contribution is 8.14. The van der Waals surface area contributed by atoms with Gasteiger partial charge in [-0.3, -0.25) is 19.4 Å². The van der Waals surface area contributed by atoms with Crippen LogP contribution in [-0.4, -0.2) is 52.5 Å². The Morgan fingerprint density at radius 2 is 1.75 bits per heavy atom. The summed E-state index contributed by atoms with van der Waals surface area (Å²) in [6.45, 7) is 2.34. The first kappa shape index (κ1) is 27.1. The molecule has 40 heavy (non-hydrogen) atoms. The Morgan fingerprint density at radius 1 is 1.00 bits per heavy atom. The number of carbonyl (C=O) groups excluding carboxylic acids is 3. The number of thioether (sulfide) groups is 1. The van der Waals surface area contributed by atoms with Crippen LogP contribution in [0.4, 0.5) is 11.4 Å². The first-order valence-electron chi connectivity index (χ1n) is 13.0. The number of benzene rings is 3. The molecule has 2 aliphatic heterocycles. The summed E-state index contributed by atoms with van der Waals surface area (Å²) in [5.41, 5.74) is 4.09. The molecule has 3 amide bonds. The minimum atomic E-state index is -0.893. The van der Waals surface area contributed by atoms with Gasteiger partial charge in [0.1, 0.15) is 17.6 Å². The number of rotatable bonds is 9. The second kappa shape index (κ2) is 12.2. The zero-order chi connectivity index (χ0) is 28.1. The zero-order valence-corrected chi connectivity index (χ0v) is 23.0. The number of aliphatic imine (C=N–C) groups is 2. The van der Waals surface area contributed by atoms with E-state index in [9.17, 15) is 14.4 Å². The molecule has 2 aliphatic rings. The molecule has 5 rings (SSSR count). The van der Waals surface area contributed by atoms with Gasteiger partial charge in [0, 0.05) is 23.4 Å². The highest BCUT2D eigenvalue weighted by Crippen LogP contribution is 2.34. The number of amides is 3. The molecule has 204 valence electrons. The number of nitrogens with zero attached hydrogens (tertiary/aromatic N) is 3. The van der Waals surface area contributed by atoms with Gasteiger partial charge in [0.15, 0.2) is 5.17 Å². The number of carbonyl (C=O) groups is 3. The lowest BCUT2D eigenvalue weighted by Crippen LogP contribution is -2.42. The number of methoxy groups -OCH3 is 1. The third-order valence-corrected chi connectivity index (χ3v) is 7.51. The molecule has 10 heteroatoms. The van der Waals surface area contributed by atoms with Gasteiger partial charge in [-0.25, -0.2) is 9.89 Å². The van der Waals surface area contributed by atoms with E-state index in [0.29, 0.717) is 33.7 Å². The number of hydrogen-bond donors (Lipinski definition) is 2. The number of aryl methyl sites for hydroxylation is 1. The van der Waals surface area contributed by atoms with Crippen molar-refractivity contribution in [1.82, 2.24) is 10.2 Å². The molecule has 2 heterocycles. The molecule has 0 radical (unpaired) electrons. The van der Waals surface area contributed by atoms with E-state index in [2.05, 4.69) is 27.5 Å². The Bertz CT molecular complexity index is 1500. The van der Waals surface area contributed by atoms with Crippen LogP contribution >= 0.6 is 11.8 Å². The highest BCUT2D eigenvalue weighted by Gasteiger charge is 2.42. The van der Waals surface area contributed by atoms with E-state index in [0.717, 1.165) is 23.7 Å². The Balaban J connectivity index is 1.26. The molecule has 0 saturated heterocycles. The summed E-state index contributed by atoms with van der Waals surface area (Å²) in [6.07, 6.45) is 0.811. The van der Waals surface area contributed by atoms with Crippen LogP contribution in [0.5, 0.6) is 5.75 Å². The van der Waals surface area contributed by atoms with E-state index >= 15 is 0 Å². The number of amidine groups is 2. The van der Waals surface area contributed by atoms with Crippen LogP contribution in [-0.2, 0) is 27.3 Å². The van der Waals surface area contributed by atoms with E-state index in [1.165, 1.54) is 10.5 Å². The second-order valence-corrected chi connectivity index (χ2v) is 10.2. The van der Waals surface area contributed by atoms with Crippen molar-refractivity contribution in [2.24, 2.45) is 9.98 Å². The molecule has 0 saturated carbocycles. The summed E-state index contributed by atoms with van der Waals surface area (Å²) in [4.78, 5) is 49.7. The van der Waals surface area contributed by atoms with E-state index < -0.39 is 6.04 Å². The molecule has 0 bridgehead atoms. The van der Waals surface area contributed by atoms with Gasteiger partial charge in [-0.15, -0.1) is 0 Å². The van der Waals surface area contributed by atoms with Crippen LogP contribution in [0.15, 0.2) is 82.8 Å².